The highest BCUT2D eigenvalue weighted by Crippen LogP contribution is 2.30. The van der Waals surface area contributed by atoms with Crippen LogP contribution in [0.5, 0.6) is 0 Å². The molecule has 0 saturated carbocycles. The highest BCUT2D eigenvalue weighted by molar-refractivity contribution is 8.00. The topological polar surface area (TPSA) is 71.2 Å². The van der Waals surface area contributed by atoms with Crippen LogP contribution in [0, 0.1) is 0 Å². The molecule has 2 heterocycles. The van der Waals surface area contributed by atoms with Gasteiger partial charge < -0.3 is 16.0 Å². The molecule has 1 aliphatic heterocycles. The van der Waals surface area contributed by atoms with Crippen molar-refractivity contribution in [2.75, 3.05) is 30.7 Å². The summed E-state index contributed by atoms with van der Waals surface area (Å²) < 4.78 is 0. The molecule has 0 bridgehead atoms. The first kappa shape index (κ1) is 15.4. The predicted octanol–water partition coefficient (Wildman–Crippen LogP) is 2.51. The Hall–Kier alpha value is -0.950. The quantitative estimate of drug-likeness (QED) is 0.893. The van der Waals surface area contributed by atoms with E-state index in [4.69, 9.17) is 5.73 Å². The molecule has 112 valence electrons. The van der Waals surface area contributed by atoms with Crippen LogP contribution in [-0.2, 0) is 0 Å². The zero-order valence-electron chi connectivity index (χ0n) is 12.2. The molecule has 1 fully saturated rings. The van der Waals surface area contributed by atoms with Crippen LogP contribution in [0.25, 0.3) is 0 Å². The van der Waals surface area contributed by atoms with Gasteiger partial charge in [-0.15, -0.1) is 0 Å². The highest BCUT2D eigenvalue weighted by atomic mass is 32.2. The summed E-state index contributed by atoms with van der Waals surface area (Å²) in [6, 6.07) is 0. The lowest BCUT2D eigenvalue weighted by atomic mass is 10.3. The number of thioether (sulfide) groups is 1. The van der Waals surface area contributed by atoms with Crippen molar-refractivity contribution in [3.05, 3.63) is 4.88 Å². The molecule has 5 nitrogen and oxygen atoms in total. The maximum Gasteiger partial charge on any atom is 0.267 e. The van der Waals surface area contributed by atoms with Crippen LogP contribution >= 0.6 is 23.1 Å². The fourth-order valence-corrected chi connectivity index (χ4v) is 4.48. The van der Waals surface area contributed by atoms with Gasteiger partial charge >= 0.3 is 0 Å². The van der Waals surface area contributed by atoms with Crippen molar-refractivity contribution in [2.24, 2.45) is 0 Å². The standard InChI is InChI=1S/C13H22N4OS2/c1-4-5-15-13-16-11(14)10(20-13)12(18)17-6-8(2)19-9(3)7-17/h8-9H,4-7,14H2,1-3H3,(H,15,16). The average molecular weight is 314 g/mol. The van der Waals surface area contributed by atoms with E-state index in [-0.39, 0.29) is 5.91 Å². The third kappa shape index (κ3) is 3.58. The number of rotatable bonds is 4. The van der Waals surface area contributed by atoms with Gasteiger partial charge in [0.1, 0.15) is 10.7 Å². The molecule has 3 N–H and O–H groups in total. The molecule has 1 saturated heterocycles. The van der Waals surface area contributed by atoms with Crippen LogP contribution in [0.2, 0.25) is 0 Å². The number of anilines is 2. The Kier molecular flexibility index (Phi) is 5.15. The minimum absolute atomic E-state index is 0.0172. The van der Waals surface area contributed by atoms with Gasteiger partial charge in [0.2, 0.25) is 0 Å². The molecule has 7 heteroatoms. The van der Waals surface area contributed by atoms with Gasteiger partial charge in [0.05, 0.1) is 0 Å². The molecule has 0 radical (unpaired) electrons. The zero-order chi connectivity index (χ0) is 14.7. The second-order valence-electron chi connectivity index (χ2n) is 5.13. The van der Waals surface area contributed by atoms with Gasteiger partial charge in [0.15, 0.2) is 5.13 Å². The molecule has 1 aromatic rings. The number of aromatic nitrogens is 1. The van der Waals surface area contributed by atoms with E-state index in [2.05, 4.69) is 31.1 Å². The van der Waals surface area contributed by atoms with Crippen molar-refractivity contribution in [1.82, 2.24) is 9.88 Å². The van der Waals surface area contributed by atoms with Crippen molar-refractivity contribution < 1.29 is 4.79 Å². The number of hydrogen-bond acceptors (Lipinski definition) is 6. The van der Waals surface area contributed by atoms with Crippen molar-refractivity contribution in [3.8, 4) is 0 Å². The number of hydrogen-bond donors (Lipinski definition) is 2. The van der Waals surface area contributed by atoms with Crippen molar-refractivity contribution in [2.45, 2.75) is 37.7 Å². The second-order valence-corrected chi connectivity index (χ2v) is 8.01. The lowest BCUT2D eigenvalue weighted by Crippen LogP contribution is -2.43. The second kappa shape index (κ2) is 6.67. The van der Waals surface area contributed by atoms with Gasteiger partial charge in [-0.05, 0) is 6.42 Å². The number of nitrogens with zero attached hydrogens (tertiary/aromatic N) is 2. The molecule has 20 heavy (non-hydrogen) atoms. The molecule has 1 aliphatic rings. The summed E-state index contributed by atoms with van der Waals surface area (Å²) in [5, 5.41) is 4.85. The summed E-state index contributed by atoms with van der Waals surface area (Å²) in [5.41, 5.74) is 5.90. The Morgan fingerprint density at radius 3 is 2.70 bits per heavy atom. The van der Waals surface area contributed by atoms with Crippen LogP contribution in [0.3, 0.4) is 0 Å². The molecule has 2 unspecified atom stereocenters. The molecular formula is C13H22N4OS2. The number of nitrogens with one attached hydrogen (secondary N) is 1. The molecule has 2 atom stereocenters. The molecular weight excluding hydrogens is 292 g/mol. The fraction of sp³-hybridized carbons (Fsp3) is 0.692. The molecule has 0 aliphatic carbocycles. The van der Waals surface area contributed by atoms with Crippen LogP contribution < -0.4 is 11.1 Å². The Morgan fingerprint density at radius 2 is 2.10 bits per heavy atom. The number of carbonyl (C=O) groups excluding carboxylic acids is 1. The first-order valence-electron chi connectivity index (χ1n) is 6.96. The number of amides is 1. The Labute approximate surface area is 128 Å². The van der Waals surface area contributed by atoms with Crippen LogP contribution in [0.4, 0.5) is 10.9 Å². The monoisotopic (exact) mass is 314 g/mol. The van der Waals surface area contributed by atoms with E-state index in [1.807, 2.05) is 16.7 Å². The van der Waals surface area contributed by atoms with E-state index in [0.29, 0.717) is 21.2 Å². The highest BCUT2D eigenvalue weighted by Gasteiger charge is 2.29. The van der Waals surface area contributed by atoms with Crippen LogP contribution in [-0.4, -0.2) is 45.9 Å². The van der Waals surface area contributed by atoms with Gasteiger partial charge in [0.25, 0.3) is 5.91 Å². The van der Waals surface area contributed by atoms with Gasteiger partial charge in [-0.2, -0.15) is 11.8 Å². The summed E-state index contributed by atoms with van der Waals surface area (Å²) in [5.74, 6) is 0.362. The first-order valence-corrected chi connectivity index (χ1v) is 8.72. The molecule has 0 aromatic carbocycles. The van der Waals surface area contributed by atoms with E-state index in [0.717, 1.165) is 31.2 Å². The van der Waals surface area contributed by atoms with E-state index < -0.39 is 0 Å². The molecule has 2 rings (SSSR count). The van der Waals surface area contributed by atoms with Gasteiger partial charge in [-0.1, -0.05) is 32.1 Å². The molecule has 0 spiro atoms. The third-order valence-electron chi connectivity index (χ3n) is 3.08. The smallest absolute Gasteiger partial charge is 0.267 e. The summed E-state index contributed by atoms with van der Waals surface area (Å²) >= 11 is 3.29. The average Bonchev–Trinajstić information content (AvgIpc) is 2.75. The van der Waals surface area contributed by atoms with Gasteiger partial charge in [-0.25, -0.2) is 4.98 Å². The van der Waals surface area contributed by atoms with Gasteiger partial charge in [0, 0.05) is 30.1 Å². The maximum atomic E-state index is 12.6. The van der Waals surface area contributed by atoms with E-state index in [1.54, 1.807) is 0 Å². The lowest BCUT2D eigenvalue weighted by Gasteiger charge is -2.34. The number of thiazole rings is 1. The summed E-state index contributed by atoms with van der Waals surface area (Å²) in [4.78, 5) is 19.3. The SMILES string of the molecule is CCCNc1nc(N)c(C(=O)N2CC(C)SC(C)C2)s1. The number of nitrogens with two attached hydrogens (primary N) is 1. The Morgan fingerprint density at radius 1 is 1.45 bits per heavy atom. The van der Waals surface area contributed by atoms with Gasteiger partial charge in [-0.3, -0.25) is 4.79 Å². The normalized spacial score (nSPS) is 22.9. The Balaban J connectivity index is 2.10. The summed E-state index contributed by atoms with van der Waals surface area (Å²) in [6.07, 6.45) is 1.02. The van der Waals surface area contributed by atoms with Crippen LogP contribution in [0.1, 0.15) is 36.9 Å². The first-order chi connectivity index (χ1) is 9.51. The molecule has 1 aromatic heterocycles. The van der Waals surface area contributed by atoms with Crippen molar-refractivity contribution >= 4 is 40.0 Å². The number of nitrogen functional groups attached to an aromatic ring is 1. The van der Waals surface area contributed by atoms with Crippen molar-refractivity contribution in [3.63, 3.8) is 0 Å². The number of carbonyl (C=O) groups is 1. The third-order valence-corrected chi connectivity index (χ3v) is 5.32. The van der Waals surface area contributed by atoms with E-state index in [9.17, 15) is 4.79 Å². The summed E-state index contributed by atoms with van der Waals surface area (Å²) in [7, 11) is 0. The lowest BCUT2D eigenvalue weighted by molar-refractivity contribution is 0.0759. The Bertz CT molecular complexity index is 467. The predicted molar refractivity (Wildman–Crippen MR) is 87.7 cm³/mol. The largest absolute Gasteiger partial charge is 0.382 e. The minimum Gasteiger partial charge on any atom is -0.382 e. The zero-order valence-corrected chi connectivity index (χ0v) is 13.8. The minimum atomic E-state index is 0.0172. The molecule has 1 amide bonds. The van der Waals surface area contributed by atoms with E-state index >= 15 is 0 Å². The van der Waals surface area contributed by atoms with Crippen LogP contribution in [0.15, 0.2) is 0 Å². The van der Waals surface area contributed by atoms with Crippen molar-refractivity contribution in [1.29, 1.82) is 0 Å². The van der Waals surface area contributed by atoms with E-state index in [1.165, 1.54) is 11.3 Å². The fourth-order valence-electron chi connectivity index (χ4n) is 2.28. The maximum absolute atomic E-state index is 12.6. The summed E-state index contributed by atoms with van der Waals surface area (Å²) in [6.45, 7) is 8.81.